The average Bonchev–Trinajstić information content (AvgIpc) is 3.03. The van der Waals surface area contributed by atoms with E-state index in [-0.39, 0.29) is 17.3 Å². The Balaban J connectivity index is 2.07. The molecule has 1 aromatic carbocycles. The number of benzene rings is 1. The van der Waals surface area contributed by atoms with Gasteiger partial charge in [-0.15, -0.1) is 0 Å². The molecule has 0 aliphatic rings. The Labute approximate surface area is 150 Å². The summed E-state index contributed by atoms with van der Waals surface area (Å²) in [6.45, 7) is 6.82. The number of hydrogen-bond donors (Lipinski definition) is 1. The summed E-state index contributed by atoms with van der Waals surface area (Å²) in [6, 6.07) is 5.70. The van der Waals surface area contributed by atoms with Crippen molar-refractivity contribution in [1.29, 1.82) is 0 Å². The number of carbonyl (C=O) groups excluding carboxylic acids is 2. The minimum atomic E-state index is -1.08. The molecule has 1 N–H and O–H groups in total. The lowest BCUT2D eigenvalue weighted by Gasteiger charge is -2.15. The Bertz CT molecular complexity index is 843. The number of nitrogens with one attached hydrogen (secondary N) is 1. The Morgan fingerprint density at radius 3 is 2.58 bits per heavy atom. The zero-order valence-electron chi connectivity index (χ0n) is 14.9. The summed E-state index contributed by atoms with van der Waals surface area (Å²) in [5.41, 5.74) is 0.255. The number of nitro groups is 1. The summed E-state index contributed by atoms with van der Waals surface area (Å²) >= 11 is 0. The van der Waals surface area contributed by atoms with Crippen molar-refractivity contribution >= 4 is 23.4 Å². The predicted molar refractivity (Wildman–Crippen MR) is 94.0 cm³/mol. The number of amides is 1. The second-order valence-corrected chi connectivity index (χ2v) is 6.05. The second-order valence-electron chi connectivity index (χ2n) is 6.05. The fourth-order valence-corrected chi connectivity index (χ4v) is 2.27. The highest BCUT2D eigenvalue weighted by Crippen LogP contribution is 2.20. The van der Waals surface area contributed by atoms with Crippen LogP contribution in [-0.2, 0) is 9.53 Å². The summed E-state index contributed by atoms with van der Waals surface area (Å²) in [5.74, 6) is -0.852. The van der Waals surface area contributed by atoms with Gasteiger partial charge in [-0.05, 0) is 33.8 Å². The van der Waals surface area contributed by atoms with E-state index in [2.05, 4.69) is 10.4 Å². The highest BCUT2D eigenvalue weighted by Gasteiger charge is 2.22. The van der Waals surface area contributed by atoms with Gasteiger partial charge in [-0.2, -0.15) is 5.10 Å². The van der Waals surface area contributed by atoms with Crippen LogP contribution in [0.4, 0.5) is 11.5 Å². The maximum atomic E-state index is 12.2. The van der Waals surface area contributed by atoms with E-state index in [1.807, 2.05) is 13.8 Å². The van der Waals surface area contributed by atoms with Crippen molar-refractivity contribution in [3.63, 3.8) is 0 Å². The molecule has 1 amide bonds. The number of nitro benzene ring substituents is 1. The van der Waals surface area contributed by atoms with Crippen molar-refractivity contribution in [2.75, 3.05) is 5.32 Å². The van der Waals surface area contributed by atoms with Crippen LogP contribution in [0.1, 0.15) is 42.7 Å². The molecule has 26 heavy (non-hydrogen) atoms. The van der Waals surface area contributed by atoms with Gasteiger partial charge in [0.2, 0.25) is 0 Å². The van der Waals surface area contributed by atoms with Crippen LogP contribution in [0, 0.1) is 17.0 Å². The molecule has 0 saturated heterocycles. The molecule has 0 spiro atoms. The van der Waals surface area contributed by atoms with Crippen molar-refractivity contribution in [1.82, 2.24) is 9.78 Å². The van der Waals surface area contributed by atoms with Gasteiger partial charge >= 0.3 is 5.97 Å². The molecule has 0 saturated carbocycles. The number of ether oxygens (including phenoxy) is 1. The molecule has 0 aliphatic heterocycles. The van der Waals surface area contributed by atoms with E-state index in [0.29, 0.717) is 11.4 Å². The Morgan fingerprint density at radius 2 is 1.96 bits per heavy atom. The molecular weight excluding hydrogens is 340 g/mol. The zero-order valence-corrected chi connectivity index (χ0v) is 14.9. The normalized spacial score (nSPS) is 11.9. The molecule has 1 atom stereocenters. The van der Waals surface area contributed by atoms with Crippen LogP contribution in [0.15, 0.2) is 30.5 Å². The van der Waals surface area contributed by atoms with Crippen LogP contribution < -0.4 is 5.32 Å². The summed E-state index contributed by atoms with van der Waals surface area (Å²) in [7, 11) is 0. The topological polar surface area (TPSA) is 116 Å². The van der Waals surface area contributed by atoms with Crippen LogP contribution in [-0.4, -0.2) is 32.7 Å². The maximum Gasteiger partial charge on any atom is 0.339 e. The quantitative estimate of drug-likeness (QED) is 0.481. The first-order chi connectivity index (χ1) is 12.2. The fraction of sp³-hybridized carbons (Fsp3) is 0.353. The van der Waals surface area contributed by atoms with Crippen LogP contribution in [0.5, 0.6) is 0 Å². The third-order valence-corrected chi connectivity index (χ3v) is 3.71. The number of hydrogen-bond acceptors (Lipinski definition) is 6. The van der Waals surface area contributed by atoms with Gasteiger partial charge in [0.15, 0.2) is 6.10 Å². The van der Waals surface area contributed by atoms with Gasteiger partial charge in [0.25, 0.3) is 11.6 Å². The Morgan fingerprint density at radius 1 is 1.27 bits per heavy atom. The standard InChI is InChI=1S/C17H20N4O5/c1-10(2)20-15(7-8-18-20)19-16(22)12(4)26-17(23)13-6-5-11(3)14(9-13)21(24)25/h5-10,12H,1-4H3,(H,19,22)/t12-/m0/s1. The second kappa shape index (κ2) is 7.77. The predicted octanol–water partition coefficient (Wildman–Crippen LogP) is 2.86. The van der Waals surface area contributed by atoms with Crippen LogP contribution in [0.25, 0.3) is 0 Å². The molecule has 0 aliphatic carbocycles. The summed E-state index contributed by atoms with van der Waals surface area (Å²) in [5, 5.41) is 17.7. The van der Waals surface area contributed by atoms with Crippen LogP contribution in [0.3, 0.4) is 0 Å². The number of rotatable bonds is 6. The number of esters is 1. The number of anilines is 1. The first kappa shape index (κ1) is 19.1. The molecule has 0 radical (unpaired) electrons. The Hall–Kier alpha value is -3.23. The number of nitrogens with zero attached hydrogens (tertiary/aromatic N) is 3. The molecule has 138 valence electrons. The van der Waals surface area contributed by atoms with Gasteiger partial charge in [0, 0.05) is 23.7 Å². The lowest BCUT2D eigenvalue weighted by molar-refractivity contribution is -0.385. The minimum absolute atomic E-state index is 0.00849. The molecule has 9 nitrogen and oxygen atoms in total. The lowest BCUT2D eigenvalue weighted by Crippen LogP contribution is -2.31. The van der Waals surface area contributed by atoms with Crippen molar-refractivity contribution < 1.29 is 19.2 Å². The van der Waals surface area contributed by atoms with E-state index in [1.165, 1.54) is 19.1 Å². The van der Waals surface area contributed by atoms with Gasteiger partial charge < -0.3 is 10.1 Å². The summed E-state index contributed by atoms with van der Waals surface area (Å²) in [4.78, 5) is 34.8. The lowest BCUT2D eigenvalue weighted by atomic mass is 10.1. The zero-order chi connectivity index (χ0) is 19.4. The van der Waals surface area contributed by atoms with E-state index in [1.54, 1.807) is 23.9 Å². The van der Waals surface area contributed by atoms with E-state index < -0.39 is 22.9 Å². The molecule has 0 fully saturated rings. The monoisotopic (exact) mass is 360 g/mol. The molecule has 2 aromatic rings. The van der Waals surface area contributed by atoms with Crippen molar-refractivity contribution in [3.05, 3.63) is 51.7 Å². The van der Waals surface area contributed by atoms with Gasteiger partial charge in [0.05, 0.1) is 16.7 Å². The Kier molecular flexibility index (Phi) is 5.71. The van der Waals surface area contributed by atoms with Crippen LogP contribution in [0.2, 0.25) is 0 Å². The molecule has 9 heteroatoms. The summed E-state index contributed by atoms with van der Waals surface area (Å²) < 4.78 is 6.74. The number of aromatic nitrogens is 2. The highest BCUT2D eigenvalue weighted by molar-refractivity contribution is 5.97. The molecule has 0 unspecified atom stereocenters. The van der Waals surface area contributed by atoms with Gasteiger partial charge in [-0.3, -0.25) is 14.9 Å². The SMILES string of the molecule is Cc1ccc(C(=O)O[C@@H](C)C(=O)Nc2ccnn2C(C)C)cc1[N+](=O)[O-]. The first-order valence-corrected chi connectivity index (χ1v) is 8.01. The third-order valence-electron chi connectivity index (χ3n) is 3.71. The van der Waals surface area contributed by atoms with E-state index in [4.69, 9.17) is 4.74 Å². The minimum Gasteiger partial charge on any atom is -0.449 e. The maximum absolute atomic E-state index is 12.2. The number of carbonyl (C=O) groups is 2. The van der Waals surface area contributed by atoms with Gasteiger partial charge in [-0.1, -0.05) is 6.07 Å². The van der Waals surface area contributed by atoms with E-state index in [9.17, 15) is 19.7 Å². The number of aryl methyl sites for hydroxylation is 1. The van der Waals surface area contributed by atoms with E-state index >= 15 is 0 Å². The van der Waals surface area contributed by atoms with Crippen molar-refractivity contribution in [2.45, 2.75) is 39.8 Å². The molecule has 2 rings (SSSR count). The van der Waals surface area contributed by atoms with E-state index in [0.717, 1.165) is 6.07 Å². The highest BCUT2D eigenvalue weighted by atomic mass is 16.6. The van der Waals surface area contributed by atoms with Crippen LogP contribution >= 0.6 is 0 Å². The fourth-order valence-electron chi connectivity index (χ4n) is 2.27. The largest absolute Gasteiger partial charge is 0.449 e. The first-order valence-electron chi connectivity index (χ1n) is 8.01. The molecule has 0 bridgehead atoms. The third kappa shape index (κ3) is 4.24. The average molecular weight is 360 g/mol. The summed E-state index contributed by atoms with van der Waals surface area (Å²) in [6.07, 6.45) is 0.468. The van der Waals surface area contributed by atoms with Crippen molar-refractivity contribution in [2.24, 2.45) is 0 Å². The van der Waals surface area contributed by atoms with Gasteiger partial charge in [-0.25, -0.2) is 9.48 Å². The van der Waals surface area contributed by atoms with Gasteiger partial charge in [0.1, 0.15) is 5.82 Å². The molecular formula is C17H20N4O5. The molecule has 1 aromatic heterocycles. The molecule has 1 heterocycles. The smallest absolute Gasteiger partial charge is 0.339 e. The van der Waals surface area contributed by atoms with Crippen molar-refractivity contribution in [3.8, 4) is 0 Å².